The molecule has 0 bridgehead atoms. The van der Waals surface area contributed by atoms with Gasteiger partial charge in [-0.15, -0.1) is 0 Å². The maximum Gasteiger partial charge on any atom is 0.212 e. The molecule has 17 heavy (non-hydrogen) atoms. The van der Waals surface area contributed by atoms with E-state index < -0.39 is 21.7 Å². The maximum atomic E-state index is 12.0. The summed E-state index contributed by atoms with van der Waals surface area (Å²) in [7, 11) is -3.29. The summed E-state index contributed by atoms with van der Waals surface area (Å²) in [6, 6.07) is 0. The van der Waals surface area contributed by atoms with Crippen LogP contribution >= 0.6 is 0 Å². The summed E-state index contributed by atoms with van der Waals surface area (Å²) in [6.45, 7) is 5.01. The lowest BCUT2D eigenvalue weighted by molar-refractivity contribution is 0.111. The maximum absolute atomic E-state index is 12.0. The van der Waals surface area contributed by atoms with E-state index >= 15 is 0 Å². The Labute approximate surface area is 105 Å². The van der Waals surface area contributed by atoms with Gasteiger partial charge in [-0.05, 0) is 39.5 Å². The minimum atomic E-state index is -3.29. The third kappa shape index (κ3) is 4.94. The smallest absolute Gasteiger partial charge is 0.212 e. The van der Waals surface area contributed by atoms with Crippen molar-refractivity contribution in [1.29, 1.82) is 0 Å². The molecule has 0 aromatic carbocycles. The van der Waals surface area contributed by atoms with Crippen LogP contribution in [0.4, 0.5) is 0 Å². The van der Waals surface area contributed by atoms with Crippen molar-refractivity contribution in [2.75, 3.05) is 5.75 Å². The number of rotatable bonds is 5. The monoisotopic (exact) mass is 263 g/mol. The molecular formula is C12H25NO3S. The van der Waals surface area contributed by atoms with Gasteiger partial charge in [0.1, 0.15) is 0 Å². The van der Waals surface area contributed by atoms with Crippen molar-refractivity contribution in [3.8, 4) is 0 Å². The first-order valence-electron chi connectivity index (χ1n) is 6.43. The van der Waals surface area contributed by atoms with Crippen molar-refractivity contribution >= 4 is 10.0 Å². The van der Waals surface area contributed by atoms with Crippen LogP contribution in [-0.2, 0) is 10.0 Å². The highest BCUT2D eigenvalue weighted by molar-refractivity contribution is 7.89. The summed E-state index contributed by atoms with van der Waals surface area (Å²) in [6.07, 6.45) is 4.82. The van der Waals surface area contributed by atoms with Gasteiger partial charge in [0.15, 0.2) is 0 Å². The van der Waals surface area contributed by atoms with Gasteiger partial charge < -0.3 is 5.11 Å². The standard InChI is InChI=1S/C12H25NO3S/c1-10(14)12(2,3)13-17(15,16)9-11-7-5-4-6-8-11/h10-11,13-14H,4-9H2,1-3H3. The first-order chi connectivity index (χ1) is 7.73. The fraction of sp³-hybridized carbons (Fsp3) is 1.00. The molecule has 1 atom stereocenters. The molecular weight excluding hydrogens is 238 g/mol. The zero-order chi connectivity index (χ0) is 13.1. The van der Waals surface area contributed by atoms with Crippen LogP contribution in [0.15, 0.2) is 0 Å². The normalized spacial score (nSPS) is 21.4. The van der Waals surface area contributed by atoms with Gasteiger partial charge in [0, 0.05) is 0 Å². The second-order valence-electron chi connectivity index (χ2n) is 5.79. The van der Waals surface area contributed by atoms with Gasteiger partial charge >= 0.3 is 0 Å². The number of hydrogen-bond acceptors (Lipinski definition) is 3. The molecule has 102 valence electrons. The van der Waals surface area contributed by atoms with E-state index in [1.807, 2.05) is 0 Å². The minimum Gasteiger partial charge on any atom is -0.391 e. The minimum absolute atomic E-state index is 0.198. The van der Waals surface area contributed by atoms with Crippen molar-refractivity contribution in [1.82, 2.24) is 4.72 Å². The van der Waals surface area contributed by atoms with E-state index in [9.17, 15) is 13.5 Å². The molecule has 1 aliphatic carbocycles. The zero-order valence-corrected chi connectivity index (χ0v) is 11.9. The summed E-state index contributed by atoms with van der Waals surface area (Å²) in [4.78, 5) is 0. The number of aliphatic hydroxyl groups is 1. The summed E-state index contributed by atoms with van der Waals surface area (Å²) in [5.41, 5.74) is -0.798. The number of sulfonamides is 1. The SMILES string of the molecule is CC(O)C(C)(C)NS(=O)(=O)CC1CCCCC1. The van der Waals surface area contributed by atoms with Crippen molar-refractivity contribution < 1.29 is 13.5 Å². The van der Waals surface area contributed by atoms with Crippen molar-refractivity contribution in [3.63, 3.8) is 0 Å². The van der Waals surface area contributed by atoms with Gasteiger partial charge in [-0.2, -0.15) is 0 Å². The second-order valence-corrected chi connectivity index (χ2v) is 7.55. The third-order valence-electron chi connectivity index (χ3n) is 3.64. The Kier molecular flexibility index (Phi) is 4.98. The Balaban J connectivity index is 2.56. The van der Waals surface area contributed by atoms with Crippen LogP contribution in [0.1, 0.15) is 52.9 Å². The molecule has 1 saturated carbocycles. The summed E-state index contributed by atoms with van der Waals surface area (Å²) < 4.78 is 26.6. The van der Waals surface area contributed by atoms with Gasteiger partial charge in [-0.25, -0.2) is 13.1 Å². The van der Waals surface area contributed by atoms with Crippen molar-refractivity contribution in [2.24, 2.45) is 5.92 Å². The van der Waals surface area contributed by atoms with Crippen LogP contribution in [0.25, 0.3) is 0 Å². The van der Waals surface area contributed by atoms with Crippen LogP contribution < -0.4 is 4.72 Å². The van der Waals surface area contributed by atoms with E-state index in [2.05, 4.69) is 4.72 Å². The molecule has 1 rings (SSSR count). The molecule has 0 saturated heterocycles. The highest BCUT2D eigenvalue weighted by Crippen LogP contribution is 2.25. The first kappa shape index (κ1) is 14.9. The second kappa shape index (κ2) is 5.67. The van der Waals surface area contributed by atoms with E-state index in [1.165, 1.54) is 6.42 Å². The Hall–Kier alpha value is -0.130. The van der Waals surface area contributed by atoms with Gasteiger partial charge in [0.25, 0.3) is 0 Å². The van der Waals surface area contributed by atoms with E-state index in [4.69, 9.17) is 0 Å². The Morgan fingerprint density at radius 1 is 1.29 bits per heavy atom. The van der Waals surface area contributed by atoms with Crippen LogP contribution in [0.3, 0.4) is 0 Å². The summed E-state index contributed by atoms with van der Waals surface area (Å²) >= 11 is 0. The number of hydrogen-bond donors (Lipinski definition) is 2. The molecule has 0 aromatic heterocycles. The fourth-order valence-electron chi connectivity index (χ4n) is 2.19. The molecule has 5 heteroatoms. The van der Waals surface area contributed by atoms with Gasteiger partial charge in [0.05, 0.1) is 17.4 Å². The zero-order valence-electron chi connectivity index (χ0n) is 11.1. The van der Waals surface area contributed by atoms with Crippen LogP contribution in [0.2, 0.25) is 0 Å². The molecule has 0 aromatic rings. The number of nitrogens with one attached hydrogen (secondary N) is 1. The average Bonchev–Trinajstić information content (AvgIpc) is 2.16. The largest absolute Gasteiger partial charge is 0.391 e. The Bertz CT molecular complexity index is 330. The van der Waals surface area contributed by atoms with Crippen LogP contribution in [-0.4, -0.2) is 30.9 Å². The molecule has 0 heterocycles. The predicted molar refractivity (Wildman–Crippen MR) is 69.3 cm³/mol. The highest BCUT2D eigenvalue weighted by atomic mass is 32.2. The van der Waals surface area contributed by atoms with E-state index in [0.29, 0.717) is 0 Å². The molecule has 1 unspecified atom stereocenters. The van der Waals surface area contributed by atoms with Crippen LogP contribution in [0, 0.1) is 5.92 Å². The lowest BCUT2D eigenvalue weighted by Gasteiger charge is -2.30. The van der Waals surface area contributed by atoms with Gasteiger partial charge in [-0.1, -0.05) is 19.3 Å². The first-order valence-corrected chi connectivity index (χ1v) is 8.08. The molecule has 0 amide bonds. The summed E-state index contributed by atoms with van der Waals surface area (Å²) in [5, 5.41) is 9.52. The topological polar surface area (TPSA) is 66.4 Å². The van der Waals surface area contributed by atoms with Crippen LogP contribution in [0.5, 0.6) is 0 Å². The quantitative estimate of drug-likeness (QED) is 0.792. The molecule has 0 aliphatic heterocycles. The predicted octanol–water partition coefficient (Wildman–Crippen LogP) is 1.65. The van der Waals surface area contributed by atoms with E-state index in [-0.39, 0.29) is 11.7 Å². The molecule has 1 aliphatic rings. The molecule has 2 N–H and O–H groups in total. The molecule has 1 fully saturated rings. The van der Waals surface area contributed by atoms with Crippen molar-refractivity contribution in [2.45, 2.75) is 64.5 Å². The molecule has 0 radical (unpaired) electrons. The Morgan fingerprint density at radius 3 is 2.29 bits per heavy atom. The van der Waals surface area contributed by atoms with Gasteiger partial charge in [-0.3, -0.25) is 0 Å². The van der Waals surface area contributed by atoms with E-state index in [1.54, 1.807) is 20.8 Å². The molecule has 0 spiro atoms. The highest BCUT2D eigenvalue weighted by Gasteiger charge is 2.31. The summed E-state index contributed by atoms with van der Waals surface area (Å²) in [5.74, 6) is 0.481. The third-order valence-corrected chi connectivity index (χ3v) is 5.39. The number of aliphatic hydroxyl groups excluding tert-OH is 1. The fourth-order valence-corrected chi connectivity index (χ4v) is 4.20. The lowest BCUT2D eigenvalue weighted by Crippen LogP contribution is -2.52. The van der Waals surface area contributed by atoms with E-state index in [0.717, 1.165) is 25.7 Å². The average molecular weight is 263 g/mol. The Morgan fingerprint density at radius 2 is 1.82 bits per heavy atom. The molecule has 4 nitrogen and oxygen atoms in total. The van der Waals surface area contributed by atoms with Gasteiger partial charge in [0.2, 0.25) is 10.0 Å². The lowest BCUT2D eigenvalue weighted by atomic mass is 9.91. The van der Waals surface area contributed by atoms with Crippen molar-refractivity contribution in [3.05, 3.63) is 0 Å².